The Bertz CT molecular complexity index is 457. The molecule has 2 unspecified atom stereocenters. The van der Waals surface area contributed by atoms with Crippen molar-refractivity contribution < 1.29 is 8.78 Å². The first-order valence-corrected chi connectivity index (χ1v) is 8.03. The van der Waals surface area contributed by atoms with Gasteiger partial charge in [-0.25, -0.2) is 8.78 Å². The smallest absolute Gasteiger partial charge is 0.126 e. The van der Waals surface area contributed by atoms with Crippen molar-refractivity contribution in [2.24, 2.45) is 0 Å². The molecule has 0 aliphatic carbocycles. The Hall–Kier alpha value is -1.00. The van der Waals surface area contributed by atoms with E-state index in [9.17, 15) is 8.78 Å². The number of piperidine rings is 2. The molecule has 0 radical (unpaired) electrons. The summed E-state index contributed by atoms with van der Waals surface area (Å²) in [7, 11) is 2.05. The van der Waals surface area contributed by atoms with Crippen LogP contribution in [0.15, 0.2) is 18.2 Å². The zero-order valence-electron chi connectivity index (χ0n) is 12.6. The van der Waals surface area contributed by atoms with Gasteiger partial charge in [-0.05, 0) is 56.8 Å². The van der Waals surface area contributed by atoms with Gasteiger partial charge in [0.25, 0.3) is 0 Å². The summed E-state index contributed by atoms with van der Waals surface area (Å²) in [5, 5.41) is 3.42. The lowest BCUT2D eigenvalue weighted by molar-refractivity contribution is 0.0270. The summed E-state index contributed by atoms with van der Waals surface area (Å²) in [5.41, 5.74) is 0.765. The zero-order valence-corrected chi connectivity index (χ0v) is 12.6. The van der Waals surface area contributed by atoms with Crippen LogP contribution in [0.3, 0.4) is 0 Å². The van der Waals surface area contributed by atoms with Crippen molar-refractivity contribution in [1.82, 2.24) is 10.2 Å². The lowest BCUT2D eigenvalue weighted by Crippen LogP contribution is -2.56. The molecule has 21 heavy (non-hydrogen) atoms. The van der Waals surface area contributed by atoms with Gasteiger partial charge in [0.05, 0.1) is 0 Å². The second kappa shape index (κ2) is 6.41. The second-order valence-electron chi connectivity index (χ2n) is 6.46. The van der Waals surface area contributed by atoms with Crippen LogP contribution < -0.4 is 5.32 Å². The predicted molar refractivity (Wildman–Crippen MR) is 80.3 cm³/mol. The summed E-state index contributed by atoms with van der Waals surface area (Å²) in [6.07, 6.45) is 6.95. The molecule has 2 aliphatic rings. The highest BCUT2D eigenvalue weighted by atomic mass is 19.1. The summed E-state index contributed by atoms with van der Waals surface area (Å²) >= 11 is 0. The van der Waals surface area contributed by atoms with Crippen molar-refractivity contribution in [3.05, 3.63) is 35.4 Å². The molecule has 1 N–H and O–H groups in total. The fourth-order valence-electron chi connectivity index (χ4n) is 4.09. The van der Waals surface area contributed by atoms with E-state index < -0.39 is 11.6 Å². The van der Waals surface area contributed by atoms with E-state index in [1.807, 2.05) is 7.05 Å². The number of fused-ring (bicyclic) bond motifs is 2. The number of rotatable bonds is 4. The van der Waals surface area contributed by atoms with Crippen molar-refractivity contribution in [2.75, 3.05) is 13.6 Å². The lowest BCUT2D eigenvalue weighted by Gasteiger charge is -2.49. The molecule has 1 aromatic rings. The van der Waals surface area contributed by atoms with Crippen LogP contribution in [0.25, 0.3) is 0 Å². The molecule has 116 valence electrons. The molecule has 0 saturated carbocycles. The number of benzene rings is 1. The molecular weight excluding hydrogens is 270 g/mol. The van der Waals surface area contributed by atoms with E-state index in [1.54, 1.807) is 0 Å². The third kappa shape index (κ3) is 3.43. The van der Waals surface area contributed by atoms with Gasteiger partial charge in [-0.3, -0.25) is 4.90 Å². The van der Waals surface area contributed by atoms with Crippen LogP contribution in [0.1, 0.15) is 37.7 Å². The van der Waals surface area contributed by atoms with E-state index in [2.05, 4.69) is 10.2 Å². The minimum absolute atomic E-state index is 0.473. The maximum atomic E-state index is 13.3. The molecule has 2 nitrogen and oxygen atoms in total. The van der Waals surface area contributed by atoms with Crippen molar-refractivity contribution in [2.45, 2.75) is 56.7 Å². The molecule has 2 heterocycles. The predicted octanol–water partition coefficient (Wildman–Crippen LogP) is 3.11. The second-order valence-corrected chi connectivity index (χ2v) is 6.46. The summed E-state index contributed by atoms with van der Waals surface area (Å²) in [6.45, 7) is 0.911. The van der Waals surface area contributed by atoms with E-state index in [1.165, 1.54) is 44.2 Å². The standard InChI is InChI=1S/C17H24F2N2/c1-20-15-10-16-3-2-4-17(11-15)21(16)6-5-12-7-13(18)9-14(19)8-12/h7-9,15-17,20H,2-6,10-11H2,1H3. The zero-order chi connectivity index (χ0) is 14.8. The Kier molecular flexibility index (Phi) is 4.55. The molecule has 2 fully saturated rings. The number of halogens is 2. The SMILES string of the molecule is CNC1CC2CCCC(C1)N2CCc1cc(F)cc(F)c1. The molecule has 0 amide bonds. The summed E-state index contributed by atoms with van der Waals surface area (Å²) in [6, 6.07) is 5.75. The average Bonchev–Trinajstić information content (AvgIpc) is 2.43. The van der Waals surface area contributed by atoms with E-state index in [-0.39, 0.29) is 0 Å². The van der Waals surface area contributed by atoms with Crippen LogP contribution >= 0.6 is 0 Å². The van der Waals surface area contributed by atoms with Gasteiger partial charge in [-0.15, -0.1) is 0 Å². The number of nitrogens with zero attached hydrogens (tertiary/aromatic N) is 1. The largest absolute Gasteiger partial charge is 0.317 e. The van der Waals surface area contributed by atoms with Crippen LogP contribution in [-0.4, -0.2) is 36.6 Å². The Morgan fingerprint density at radius 3 is 2.29 bits per heavy atom. The molecular formula is C17H24F2N2. The van der Waals surface area contributed by atoms with Crippen LogP contribution in [0.5, 0.6) is 0 Å². The van der Waals surface area contributed by atoms with Gasteiger partial charge in [-0.2, -0.15) is 0 Å². The van der Waals surface area contributed by atoms with Crippen molar-refractivity contribution >= 4 is 0 Å². The van der Waals surface area contributed by atoms with Crippen molar-refractivity contribution in [3.63, 3.8) is 0 Å². The van der Waals surface area contributed by atoms with Crippen LogP contribution in [0.4, 0.5) is 8.78 Å². The first-order chi connectivity index (χ1) is 10.2. The van der Waals surface area contributed by atoms with E-state index in [0.29, 0.717) is 18.1 Å². The molecule has 4 heteroatoms. The Balaban J connectivity index is 1.64. The fraction of sp³-hybridized carbons (Fsp3) is 0.647. The van der Waals surface area contributed by atoms with Gasteiger partial charge in [0.15, 0.2) is 0 Å². The van der Waals surface area contributed by atoms with Gasteiger partial charge >= 0.3 is 0 Å². The van der Waals surface area contributed by atoms with E-state index in [0.717, 1.165) is 24.6 Å². The van der Waals surface area contributed by atoms with E-state index in [4.69, 9.17) is 0 Å². The van der Waals surface area contributed by atoms with Crippen LogP contribution in [-0.2, 0) is 6.42 Å². The van der Waals surface area contributed by atoms with Gasteiger partial charge in [0, 0.05) is 30.7 Å². The van der Waals surface area contributed by atoms with Crippen molar-refractivity contribution in [3.8, 4) is 0 Å². The average molecular weight is 294 g/mol. The molecule has 2 atom stereocenters. The molecule has 2 saturated heterocycles. The van der Waals surface area contributed by atoms with Gasteiger partial charge < -0.3 is 5.32 Å². The summed E-state index contributed by atoms with van der Waals surface area (Å²) < 4.78 is 26.5. The molecule has 0 aromatic heterocycles. The molecule has 0 spiro atoms. The molecule has 1 aromatic carbocycles. The minimum Gasteiger partial charge on any atom is -0.317 e. The molecule has 3 rings (SSSR count). The minimum atomic E-state index is -0.473. The number of hydrogen-bond donors (Lipinski definition) is 1. The highest BCUT2D eigenvalue weighted by molar-refractivity contribution is 5.18. The topological polar surface area (TPSA) is 15.3 Å². The van der Waals surface area contributed by atoms with Gasteiger partial charge in [0.1, 0.15) is 11.6 Å². The number of hydrogen-bond acceptors (Lipinski definition) is 2. The quantitative estimate of drug-likeness (QED) is 0.918. The van der Waals surface area contributed by atoms with Gasteiger partial charge in [-0.1, -0.05) is 6.42 Å². The van der Waals surface area contributed by atoms with E-state index >= 15 is 0 Å². The van der Waals surface area contributed by atoms with Gasteiger partial charge in [0.2, 0.25) is 0 Å². The van der Waals surface area contributed by atoms with Crippen LogP contribution in [0, 0.1) is 11.6 Å². The first kappa shape index (κ1) is 14.9. The fourth-order valence-corrected chi connectivity index (χ4v) is 4.09. The molecule has 2 bridgehead atoms. The highest BCUT2D eigenvalue weighted by Gasteiger charge is 2.37. The Labute approximate surface area is 125 Å². The summed E-state index contributed by atoms with van der Waals surface area (Å²) in [5.74, 6) is -0.946. The normalized spacial score (nSPS) is 29.6. The third-order valence-electron chi connectivity index (χ3n) is 5.12. The Morgan fingerprint density at radius 1 is 1.10 bits per heavy atom. The first-order valence-electron chi connectivity index (χ1n) is 8.03. The number of nitrogens with one attached hydrogen (secondary N) is 1. The maximum absolute atomic E-state index is 13.3. The van der Waals surface area contributed by atoms with Crippen molar-refractivity contribution in [1.29, 1.82) is 0 Å². The monoisotopic (exact) mass is 294 g/mol. The maximum Gasteiger partial charge on any atom is 0.126 e. The summed E-state index contributed by atoms with van der Waals surface area (Å²) in [4.78, 5) is 2.58. The highest BCUT2D eigenvalue weighted by Crippen LogP contribution is 2.34. The van der Waals surface area contributed by atoms with Crippen LogP contribution in [0.2, 0.25) is 0 Å². The Morgan fingerprint density at radius 2 is 1.71 bits per heavy atom. The third-order valence-corrected chi connectivity index (χ3v) is 5.12. The lowest BCUT2D eigenvalue weighted by atomic mass is 9.81. The molecule has 2 aliphatic heterocycles.